The molecule has 0 aromatic heterocycles. The second-order valence-corrected chi connectivity index (χ2v) is 8.80. The van der Waals surface area contributed by atoms with Crippen LogP contribution in [0.25, 0.3) is 0 Å². The lowest BCUT2D eigenvalue weighted by molar-refractivity contribution is -0.111. The van der Waals surface area contributed by atoms with Crippen molar-refractivity contribution in [3.05, 3.63) is 23.8 Å². The molecule has 22 heavy (non-hydrogen) atoms. The van der Waals surface area contributed by atoms with Gasteiger partial charge in [-0.1, -0.05) is 32.4 Å². The van der Waals surface area contributed by atoms with E-state index >= 15 is 0 Å². The molecule has 7 atom stereocenters. The molecule has 4 aliphatic carbocycles. The molecule has 0 aliphatic heterocycles. The first-order valence-corrected chi connectivity index (χ1v) is 8.98. The van der Waals surface area contributed by atoms with Gasteiger partial charge in [0.25, 0.3) is 0 Å². The van der Waals surface area contributed by atoms with Gasteiger partial charge in [-0.15, -0.1) is 0 Å². The number of allylic oxidation sites excluding steroid dienone is 4. The van der Waals surface area contributed by atoms with Gasteiger partial charge in [-0.25, -0.2) is 0 Å². The molecule has 0 saturated heterocycles. The zero-order valence-electron chi connectivity index (χ0n) is 14.0. The van der Waals surface area contributed by atoms with Crippen molar-refractivity contribution < 1.29 is 9.90 Å². The van der Waals surface area contributed by atoms with Crippen LogP contribution in [0.2, 0.25) is 0 Å². The van der Waals surface area contributed by atoms with Crippen molar-refractivity contribution in [1.82, 2.24) is 0 Å². The number of carbonyl (C=O) groups excluding carboxylic acids is 1. The SMILES string of the molecule is C[C@H]1CC2=CC(=O)C=C[C@]2(C)[C@H]2CC[C@]3(C)[C@H](O)CC[C@H]3[C@H]12. The minimum absolute atomic E-state index is 0.0694. The molecule has 0 amide bonds. The summed E-state index contributed by atoms with van der Waals surface area (Å²) >= 11 is 0. The molecule has 2 nitrogen and oxygen atoms in total. The molecule has 0 aromatic carbocycles. The summed E-state index contributed by atoms with van der Waals surface area (Å²) in [6.45, 7) is 7.04. The van der Waals surface area contributed by atoms with Crippen molar-refractivity contribution in [2.75, 3.05) is 0 Å². The summed E-state index contributed by atoms with van der Waals surface area (Å²) in [5.74, 6) is 2.76. The van der Waals surface area contributed by atoms with Crippen LogP contribution in [0, 0.1) is 34.5 Å². The van der Waals surface area contributed by atoms with Crippen molar-refractivity contribution in [3.8, 4) is 0 Å². The summed E-state index contributed by atoms with van der Waals surface area (Å²) in [5.41, 5.74) is 1.55. The van der Waals surface area contributed by atoms with Crippen LogP contribution in [0.4, 0.5) is 0 Å². The van der Waals surface area contributed by atoms with Gasteiger partial charge in [0, 0.05) is 5.41 Å². The van der Waals surface area contributed by atoms with Crippen LogP contribution < -0.4 is 0 Å². The van der Waals surface area contributed by atoms with Gasteiger partial charge in [0.05, 0.1) is 6.10 Å². The average molecular weight is 300 g/mol. The monoisotopic (exact) mass is 300 g/mol. The summed E-state index contributed by atoms with van der Waals surface area (Å²) in [6, 6.07) is 0. The summed E-state index contributed by atoms with van der Waals surface area (Å²) in [4.78, 5) is 11.8. The second kappa shape index (κ2) is 4.56. The molecule has 0 spiro atoms. The molecule has 0 bridgehead atoms. The zero-order valence-corrected chi connectivity index (χ0v) is 14.0. The van der Waals surface area contributed by atoms with E-state index in [2.05, 4.69) is 26.8 Å². The van der Waals surface area contributed by atoms with Gasteiger partial charge < -0.3 is 5.11 Å². The first kappa shape index (κ1) is 14.7. The topological polar surface area (TPSA) is 37.3 Å². The Labute approximate surface area is 133 Å². The van der Waals surface area contributed by atoms with E-state index < -0.39 is 0 Å². The van der Waals surface area contributed by atoms with Crippen LogP contribution in [0.5, 0.6) is 0 Å². The van der Waals surface area contributed by atoms with E-state index in [-0.39, 0.29) is 22.7 Å². The van der Waals surface area contributed by atoms with Crippen molar-refractivity contribution in [2.45, 2.75) is 59.0 Å². The fraction of sp³-hybridized carbons (Fsp3) is 0.750. The number of aliphatic hydroxyl groups excluding tert-OH is 1. The maximum absolute atomic E-state index is 11.8. The molecular weight excluding hydrogens is 272 g/mol. The Balaban J connectivity index is 1.75. The van der Waals surface area contributed by atoms with Crippen LogP contribution in [-0.4, -0.2) is 17.0 Å². The Kier molecular flexibility index (Phi) is 3.05. The molecule has 3 saturated carbocycles. The minimum atomic E-state index is -0.112. The van der Waals surface area contributed by atoms with Crippen LogP contribution in [0.15, 0.2) is 23.8 Å². The highest BCUT2D eigenvalue weighted by Gasteiger charge is 2.59. The molecule has 0 heterocycles. The predicted molar refractivity (Wildman–Crippen MR) is 87.2 cm³/mol. The van der Waals surface area contributed by atoms with Gasteiger partial charge >= 0.3 is 0 Å². The molecule has 0 aromatic rings. The van der Waals surface area contributed by atoms with Gasteiger partial charge in [-0.2, -0.15) is 0 Å². The highest BCUT2D eigenvalue weighted by atomic mass is 16.3. The summed E-state index contributed by atoms with van der Waals surface area (Å²) in [5, 5.41) is 10.5. The minimum Gasteiger partial charge on any atom is -0.393 e. The quantitative estimate of drug-likeness (QED) is 0.736. The van der Waals surface area contributed by atoms with Gasteiger partial charge in [0.2, 0.25) is 0 Å². The van der Waals surface area contributed by atoms with Crippen molar-refractivity contribution in [1.29, 1.82) is 0 Å². The summed E-state index contributed by atoms with van der Waals surface area (Å²) < 4.78 is 0. The molecule has 2 heteroatoms. The Hall–Kier alpha value is -0.890. The predicted octanol–water partition coefficient (Wildman–Crippen LogP) is 3.90. The Bertz CT molecular complexity index is 574. The van der Waals surface area contributed by atoms with E-state index in [4.69, 9.17) is 0 Å². The number of ketones is 1. The van der Waals surface area contributed by atoms with E-state index in [0.29, 0.717) is 23.7 Å². The van der Waals surface area contributed by atoms with Gasteiger partial charge in [0.1, 0.15) is 0 Å². The van der Waals surface area contributed by atoms with Crippen LogP contribution in [0.3, 0.4) is 0 Å². The number of rotatable bonds is 0. The molecule has 0 radical (unpaired) electrons. The third-order valence-corrected chi connectivity index (χ3v) is 7.85. The molecule has 4 rings (SSSR count). The third kappa shape index (κ3) is 1.73. The fourth-order valence-corrected chi connectivity index (χ4v) is 6.52. The average Bonchev–Trinajstić information content (AvgIpc) is 2.77. The molecule has 0 unspecified atom stereocenters. The molecule has 120 valence electrons. The molecule has 3 fully saturated rings. The van der Waals surface area contributed by atoms with Crippen LogP contribution in [-0.2, 0) is 4.79 Å². The van der Waals surface area contributed by atoms with Crippen molar-refractivity contribution >= 4 is 5.78 Å². The van der Waals surface area contributed by atoms with Crippen LogP contribution >= 0.6 is 0 Å². The smallest absolute Gasteiger partial charge is 0.178 e. The summed E-state index contributed by atoms with van der Waals surface area (Å²) in [7, 11) is 0. The van der Waals surface area contributed by atoms with E-state index in [0.717, 1.165) is 19.3 Å². The molecule has 4 aliphatic rings. The van der Waals surface area contributed by atoms with E-state index in [1.54, 1.807) is 6.08 Å². The third-order valence-electron chi connectivity index (χ3n) is 7.85. The normalized spacial score (nSPS) is 53.5. The first-order chi connectivity index (χ1) is 10.4. The molecule has 1 N–H and O–H groups in total. The Morgan fingerprint density at radius 3 is 2.73 bits per heavy atom. The maximum Gasteiger partial charge on any atom is 0.178 e. The number of carbonyl (C=O) groups is 1. The van der Waals surface area contributed by atoms with Gasteiger partial charge in [0.15, 0.2) is 5.78 Å². The van der Waals surface area contributed by atoms with Crippen molar-refractivity contribution in [2.24, 2.45) is 34.5 Å². The number of aliphatic hydroxyl groups is 1. The number of fused-ring (bicyclic) bond motifs is 5. The van der Waals surface area contributed by atoms with E-state index in [1.165, 1.54) is 18.4 Å². The largest absolute Gasteiger partial charge is 0.393 e. The lowest BCUT2D eigenvalue weighted by Gasteiger charge is -2.58. The first-order valence-electron chi connectivity index (χ1n) is 8.98. The highest BCUT2D eigenvalue weighted by molar-refractivity contribution is 6.01. The van der Waals surface area contributed by atoms with E-state index in [1.807, 2.05) is 6.08 Å². The highest BCUT2D eigenvalue weighted by Crippen LogP contribution is 2.65. The lowest BCUT2D eigenvalue weighted by Crippen LogP contribution is -2.53. The lowest BCUT2D eigenvalue weighted by atomic mass is 9.46. The zero-order chi connectivity index (χ0) is 15.7. The standard InChI is InChI=1S/C20H28O2/c1-12-10-13-11-14(21)6-8-19(13,2)16-7-9-20(3)15(18(12)16)4-5-17(20)22/h6,8,11-12,15-18,22H,4-5,7,9-10H2,1-3H3/t12-,15-,16-,17+,18-,19-,20-/m0/s1. The fourth-order valence-electron chi connectivity index (χ4n) is 6.52. The van der Waals surface area contributed by atoms with Crippen LogP contribution in [0.1, 0.15) is 52.9 Å². The Morgan fingerprint density at radius 2 is 1.95 bits per heavy atom. The second-order valence-electron chi connectivity index (χ2n) is 8.80. The number of hydrogen-bond acceptors (Lipinski definition) is 2. The maximum atomic E-state index is 11.8. The van der Waals surface area contributed by atoms with E-state index in [9.17, 15) is 9.90 Å². The molecular formula is C20H28O2. The van der Waals surface area contributed by atoms with Crippen molar-refractivity contribution in [3.63, 3.8) is 0 Å². The van der Waals surface area contributed by atoms with Gasteiger partial charge in [-0.05, 0) is 73.3 Å². The van der Waals surface area contributed by atoms with Gasteiger partial charge in [-0.3, -0.25) is 4.79 Å². The Morgan fingerprint density at radius 1 is 1.18 bits per heavy atom. The summed E-state index contributed by atoms with van der Waals surface area (Å²) in [6.07, 6.45) is 11.3. The number of hydrogen-bond donors (Lipinski definition) is 1.